The number of carbonyl (C=O) groups is 1. The van der Waals surface area contributed by atoms with E-state index in [1.807, 2.05) is 78.5 Å². The van der Waals surface area contributed by atoms with E-state index >= 15 is 0 Å². The summed E-state index contributed by atoms with van der Waals surface area (Å²) in [4.78, 5) is 14.6. The number of carbonyl (C=O) groups excluding carboxylic acids is 1. The van der Waals surface area contributed by atoms with Crippen molar-refractivity contribution in [3.05, 3.63) is 94.2 Å². The fraction of sp³-hybridized carbons (Fsp3) is 0.0870. The summed E-state index contributed by atoms with van der Waals surface area (Å²) in [5.41, 5.74) is 3.40. The summed E-state index contributed by atoms with van der Waals surface area (Å²) in [7, 11) is 0. The zero-order valence-electron chi connectivity index (χ0n) is 16.6. The second kappa shape index (κ2) is 8.02. The molecular formula is C23H18ClN5OS. The molecule has 0 unspecified atom stereocenters. The van der Waals surface area contributed by atoms with Gasteiger partial charge < -0.3 is 5.32 Å². The summed E-state index contributed by atoms with van der Waals surface area (Å²) in [5.74, 6) is -0.153. The topological polar surface area (TPSA) is 64.7 Å². The summed E-state index contributed by atoms with van der Waals surface area (Å²) in [6.07, 6.45) is 3.64. The summed E-state index contributed by atoms with van der Waals surface area (Å²) < 4.78 is 3.63. The molecule has 8 heteroatoms. The summed E-state index contributed by atoms with van der Waals surface area (Å²) in [6.45, 7) is 2.51. The Morgan fingerprint density at radius 1 is 1.13 bits per heavy atom. The van der Waals surface area contributed by atoms with Crippen LogP contribution in [0.25, 0.3) is 15.9 Å². The highest BCUT2D eigenvalue weighted by Crippen LogP contribution is 2.33. The average Bonchev–Trinajstić information content (AvgIpc) is 3.49. The number of benzene rings is 2. The second-order valence-electron chi connectivity index (χ2n) is 7.09. The Balaban J connectivity index is 1.47. The van der Waals surface area contributed by atoms with E-state index in [-0.39, 0.29) is 5.91 Å². The molecule has 31 heavy (non-hydrogen) atoms. The molecule has 3 heterocycles. The summed E-state index contributed by atoms with van der Waals surface area (Å²) in [5, 5.41) is 13.5. The first-order valence-corrected chi connectivity index (χ1v) is 10.9. The predicted molar refractivity (Wildman–Crippen MR) is 124 cm³/mol. The minimum Gasteiger partial charge on any atom is -0.321 e. The molecule has 0 saturated heterocycles. The van der Waals surface area contributed by atoms with Crippen LogP contribution >= 0.6 is 22.9 Å². The van der Waals surface area contributed by atoms with E-state index in [1.165, 1.54) is 11.3 Å². The molecule has 0 saturated carbocycles. The van der Waals surface area contributed by atoms with Crippen molar-refractivity contribution in [1.82, 2.24) is 19.6 Å². The normalized spacial score (nSPS) is 11.2. The molecule has 1 N–H and O–H groups in total. The maximum absolute atomic E-state index is 13.1. The van der Waals surface area contributed by atoms with E-state index in [4.69, 9.17) is 11.6 Å². The van der Waals surface area contributed by atoms with E-state index in [0.29, 0.717) is 16.4 Å². The van der Waals surface area contributed by atoms with Crippen molar-refractivity contribution >= 4 is 44.7 Å². The molecule has 154 valence electrons. The number of anilines is 1. The number of amides is 1. The number of halogens is 1. The lowest BCUT2D eigenvalue weighted by Crippen LogP contribution is -2.13. The highest BCUT2D eigenvalue weighted by Gasteiger charge is 2.19. The minimum absolute atomic E-state index is 0.153. The molecular weight excluding hydrogens is 430 g/mol. The number of hydrogen-bond acceptors (Lipinski definition) is 4. The zero-order chi connectivity index (χ0) is 21.4. The molecule has 0 atom stereocenters. The van der Waals surface area contributed by atoms with Gasteiger partial charge in [0.2, 0.25) is 0 Å². The van der Waals surface area contributed by atoms with E-state index in [2.05, 4.69) is 15.5 Å². The van der Waals surface area contributed by atoms with Crippen molar-refractivity contribution in [3.63, 3.8) is 0 Å². The van der Waals surface area contributed by atoms with Gasteiger partial charge in [-0.15, -0.1) is 11.3 Å². The average molecular weight is 448 g/mol. The van der Waals surface area contributed by atoms with Crippen LogP contribution in [0.4, 0.5) is 5.69 Å². The first kappa shape index (κ1) is 19.5. The molecule has 0 spiro atoms. The van der Waals surface area contributed by atoms with Gasteiger partial charge in [-0.25, -0.2) is 4.68 Å². The fourth-order valence-electron chi connectivity index (χ4n) is 3.48. The van der Waals surface area contributed by atoms with Crippen molar-refractivity contribution in [2.45, 2.75) is 13.5 Å². The fourth-order valence-corrected chi connectivity index (χ4v) is 4.77. The maximum atomic E-state index is 13.1. The number of thiophene rings is 1. The third kappa shape index (κ3) is 3.73. The van der Waals surface area contributed by atoms with Gasteiger partial charge in [0, 0.05) is 23.5 Å². The highest BCUT2D eigenvalue weighted by atomic mass is 35.5. The van der Waals surface area contributed by atoms with Crippen LogP contribution in [0.1, 0.15) is 20.9 Å². The lowest BCUT2D eigenvalue weighted by molar-refractivity contribution is 0.103. The van der Waals surface area contributed by atoms with Crippen LogP contribution in [0.5, 0.6) is 0 Å². The van der Waals surface area contributed by atoms with Crippen LogP contribution in [0.2, 0.25) is 5.02 Å². The number of para-hydroxylation sites is 2. The summed E-state index contributed by atoms with van der Waals surface area (Å²) in [6, 6.07) is 19.1. The minimum atomic E-state index is -0.153. The molecule has 3 aromatic heterocycles. The number of rotatable bonds is 5. The van der Waals surface area contributed by atoms with Crippen molar-refractivity contribution in [2.24, 2.45) is 0 Å². The quantitative estimate of drug-likeness (QED) is 0.384. The van der Waals surface area contributed by atoms with Gasteiger partial charge in [-0.1, -0.05) is 41.9 Å². The number of aromatic nitrogens is 4. The third-order valence-electron chi connectivity index (χ3n) is 5.01. The number of nitrogens with zero attached hydrogens (tertiary/aromatic N) is 4. The van der Waals surface area contributed by atoms with Crippen molar-refractivity contribution in [3.8, 4) is 5.69 Å². The Hall–Kier alpha value is -3.42. The Bertz CT molecular complexity index is 1390. The Kier molecular flexibility index (Phi) is 5.05. The second-order valence-corrected chi connectivity index (χ2v) is 8.53. The molecule has 5 aromatic rings. The van der Waals surface area contributed by atoms with Crippen molar-refractivity contribution < 1.29 is 4.79 Å². The molecule has 0 radical (unpaired) electrons. The van der Waals surface area contributed by atoms with Crippen molar-refractivity contribution in [1.29, 1.82) is 0 Å². The van der Waals surface area contributed by atoms with Gasteiger partial charge in [0.1, 0.15) is 4.83 Å². The molecule has 0 aliphatic rings. The van der Waals surface area contributed by atoms with Crippen LogP contribution < -0.4 is 5.32 Å². The van der Waals surface area contributed by atoms with Gasteiger partial charge in [0.15, 0.2) is 0 Å². The molecule has 6 nitrogen and oxygen atoms in total. The highest BCUT2D eigenvalue weighted by molar-refractivity contribution is 7.20. The van der Waals surface area contributed by atoms with Gasteiger partial charge in [0.05, 0.1) is 27.8 Å². The van der Waals surface area contributed by atoms with Crippen molar-refractivity contribution in [2.75, 3.05) is 5.32 Å². The lowest BCUT2D eigenvalue weighted by Gasteiger charge is -2.10. The lowest BCUT2D eigenvalue weighted by atomic mass is 10.1. The first-order chi connectivity index (χ1) is 15.1. The SMILES string of the molecule is Cc1nn(-c2ccccc2Cl)c2sc(C(=O)Nc3ccccc3Cn3cccn3)cc12. The largest absolute Gasteiger partial charge is 0.321 e. The Morgan fingerprint density at radius 3 is 2.74 bits per heavy atom. The van der Waals surface area contributed by atoms with Gasteiger partial charge in [0.25, 0.3) is 5.91 Å². The van der Waals surface area contributed by atoms with E-state index in [1.54, 1.807) is 10.9 Å². The first-order valence-electron chi connectivity index (χ1n) is 9.71. The molecule has 1 amide bonds. The Labute approximate surface area is 187 Å². The maximum Gasteiger partial charge on any atom is 0.265 e. The van der Waals surface area contributed by atoms with Gasteiger partial charge in [-0.2, -0.15) is 10.2 Å². The molecule has 2 aromatic carbocycles. The van der Waals surface area contributed by atoms with E-state index in [9.17, 15) is 4.79 Å². The van der Waals surface area contributed by atoms with E-state index < -0.39 is 0 Å². The third-order valence-corrected chi connectivity index (χ3v) is 6.44. The molecule has 0 aliphatic carbocycles. The van der Waals surface area contributed by atoms with E-state index in [0.717, 1.165) is 32.8 Å². The zero-order valence-corrected chi connectivity index (χ0v) is 18.2. The van der Waals surface area contributed by atoms with Crippen LogP contribution in [0, 0.1) is 6.92 Å². The molecule has 0 bridgehead atoms. The monoisotopic (exact) mass is 447 g/mol. The van der Waals surface area contributed by atoms with Gasteiger partial charge >= 0.3 is 0 Å². The number of nitrogens with one attached hydrogen (secondary N) is 1. The van der Waals surface area contributed by atoms with Crippen LogP contribution in [0.15, 0.2) is 73.1 Å². The predicted octanol–water partition coefficient (Wildman–Crippen LogP) is 5.55. The number of aryl methyl sites for hydroxylation is 1. The smallest absolute Gasteiger partial charge is 0.265 e. The van der Waals surface area contributed by atoms with Crippen LogP contribution in [0.3, 0.4) is 0 Å². The van der Waals surface area contributed by atoms with Gasteiger partial charge in [-0.05, 0) is 42.8 Å². The van der Waals surface area contributed by atoms with Crippen LogP contribution in [-0.4, -0.2) is 25.5 Å². The number of hydrogen-bond donors (Lipinski definition) is 1. The Morgan fingerprint density at radius 2 is 1.94 bits per heavy atom. The van der Waals surface area contributed by atoms with Crippen LogP contribution in [-0.2, 0) is 6.54 Å². The standard InChI is InChI=1S/C23H18ClN5OS/c1-15-17-13-21(31-23(17)29(27-15)20-10-5-3-8-18(20)24)22(30)26-19-9-4-2-7-16(19)14-28-12-6-11-25-28/h2-13H,14H2,1H3,(H,26,30). The molecule has 0 fully saturated rings. The summed E-state index contributed by atoms with van der Waals surface area (Å²) >= 11 is 7.78. The molecule has 5 rings (SSSR count). The number of fused-ring (bicyclic) bond motifs is 1. The molecule has 0 aliphatic heterocycles. The van der Waals surface area contributed by atoms with Gasteiger partial charge in [-0.3, -0.25) is 9.48 Å².